The van der Waals surface area contributed by atoms with E-state index in [0.29, 0.717) is 12.0 Å². The Balaban J connectivity index is 1.64. The number of ether oxygens (including phenoxy) is 1. The molecule has 32 heavy (non-hydrogen) atoms. The van der Waals surface area contributed by atoms with Crippen LogP contribution in [0.25, 0.3) is 5.57 Å². The van der Waals surface area contributed by atoms with Gasteiger partial charge in [0.2, 0.25) is 5.91 Å². The molecule has 2 aliphatic rings. The smallest absolute Gasteiger partial charge is 0.363 e. The van der Waals surface area contributed by atoms with Crippen molar-refractivity contribution < 1.29 is 24.0 Å². The van der Waals surface area contributed by atoms with Crippen LogP contribution in [-0.4, -0.2) is 33.7 Å². The molecule has 164 valence electrons. The summed E-state index contributed by atoms with van der Waals surface area (Å²) >= 11 is 0. The van der Waals surface area contributed by atoms with Crippen LogP contribution in [0.4, 0.5) is 5.69 Å². The molecule has 0 N–H and O–H groups in total. The molecular formula is C24H22N2O6. The molecule has 1 saturated heterocycles. The first kappa shape index (κ1) is 21.4. The van der Waals surface area contributed by atoms with Gasteiger partial charge in [-0.2, -0.15) is 0 Å². The van der Waals surface area contributed by atoms with E-state index in [1.807, 2.05) is 45.0 Å². The molecule has 0 aliphatic carbocycles. The maximum Gasteiger partial charge on any atom is 0.363 e. The number of hydrogen-bond acceptors (Lipinski definition) is 6. The maximum absolute atomic E-state index is 13.1. The third kappa shape index (κ3) is 3.57. The Labute approximate surface area is 184 Å². The summed E-state index contributed by atoms with van der Waals surface area (Å²) in [5.41, 5.74) is 2.45. The highest BCUT2D eigenvalue weighted by Gasteiger charge is 2.56. The SMILES string of the molecule is Cc1ccc(C2=C(C(=O)OC(=O)c3ccc([N+](=O)[O-])cc3)N3C(=O)[C@H](C(C)C)[C@H]3C2)cc1. The molecule has 0 aromatic heterocycles. The Kier molecular flexibility index (Phi) is 5.38. The molecule has 0 radical (unpaired) electrons. The van der Waals surface area contributed by atoms with E-state index in [4.69, 9.17) is 4.74 Å². The highest BCUT2D eigenvalue weighted by Crippen LogP contribution is 2.48. The number of benzene rings is 2. The van der Waals surface area contributed by atoms with Crippen LogP contribution in [0, 0.1) is 28.9 Å². The van der Waals surface area contributed by atoms with E-state index in [-0.39, 0.29) is 40.7 Å². The van der Waals surface area contributed by atoms with Crippen molar-refractivity contribution in [3.8, 4) is 0 Å². The van der Waals surface area contributed by atoms with E-state index >= 15 is 0 Å². The van der Waals surface area contributed by atoms with E-state index in [9.17, 15) is 24.5 Å². The molecule has 2 aromatic carbocycles. The van der Waals surface area contributed by atoms with Gasteiger partial charge in [-0.1, -0.05) is 43.7 Å². The maximum atomic E-state index is 13.1. The van der Waals surface area contributed by atoms with Gasteiger partial charge in [0.25, 0.3) is 5.69 Å². The summed E-state index contributed by atoms with van der Waals surface area (Å²) in [5, 5.41) is 10.8. The molecule has 8 nitrogen and oxygen atoms in total. The third-order valence-electron chi connectivity index (χ3n) is 6.02. The number of fused-ring (bicyclic) bond motifs is 1. The number of esters is 2. The summed E-state index contributed by atoms with van der Waals surface area (Å²) in [4.78, 5) is 50.0. The lowest BCUT2D eigenvalue weighted by Gasteiger charge is -2.45. The number of non-ortho nitro benzene ring substituents is 1. The molecule has 0 spiro atoms. The monoisotopic (exact) mass is 434 g/mol. The van der Waals surface area contributed by atoms with Crippen molar-refractivity contribution in [3.63, 3.8) is 0 Å². The van der Waals surface area contributed by atoms with Gasteiger partial charge in [0, 0.05) is 12.1 Å². The van der Waals surface area contributed by atoms with Gasteiger partial charge in [0.15, 0.2) is 0 Å². The average Bonchev–Trinajstić information content (AvgIpc) is 3.09. The van der Waals surface area contributed by atoms with Gasteiger partial charge in [0.05, 0.1) is 22.4 Å². The second kappa shape index (κ2) is 8.03. The standard InChI is InChI=1S/C24H22N2O6/c1-13(2)20-19-12-18(15-6-4-14(3)5-7-15)21(25(19)22(20)27)24(29)32-23(28)16-8-10-17(11-9-16)26(30)31/h4-11,13,19-20H,12H2,1-3H3/t19-,20-/m1/s1. The molecule has 2 aromatic rings. The van der Waals surface area contributed by atoms with Crippen molar-refractivity contribution in [1.82, 2.24) is 4.90 Å². The lowest BCUT2D eigenvalue weighted by molar-refractivity contribution is -0.384. The van der Waals surface area contributed by atoms with Crippen molar-refractivity contribution in [3.05, 3.63) is 81.0 Å². The van der Waals surface area contributed by atoms with Gasteiger partial charge in [-0.25, -0.2) is 9.59 Å². The summed E-state index contributed by atoms with van der Waals surface area (Å²) in [7, 11) is 0. The quantitative estimate of drug-likeness (QED) is 0.232. The van der Waals surface area contributed by atoms with Crippen molar-refractivity contribution in [2.45, 2.75) is 33.2 Å². The Bertz CT molecular complexity index is 1150. The lowest BCUT2D eigenvalue weighted by Crippen LogP contribution is -2.60. The largest absolute Gasteiger partial charge is 0.385 e. The minimum atomic E-state index is -0.933. The summed E-state index contributed by atoms with van der Waals surface area (Å²) in [6.07, 6.45) is 0.508. The fourth-order valence-corrected chi connectivity index (χ4v) is 4.38. The first-order chi connectivity index (χ1) is 15.2. The van der Waals surface area contributed by atoms with E-state index in [2.05, 4.69) is 0 Å². The van der Waals surface area contributed by atoms with Gasteiger partial charge in [-0.05, 0) is 42.5 Å². The number of nitrogens with zero attached hydrogens (tertiary/aromatic N) is 2. The molecule has 0 bridgehead atoms. The predicted molar refractivity (Wildman–Crippen MR) is 115 cm³/mol. The molecule has 4 rings (SSSR count). The minimum absolute atomic E-state index is 0.00553. The fourth-order valence-electron chi connectivity index (χ4n) is 4.38. The molecule has 0 unspecified atom stereocenters. The highest BCUT2D eigenvalue weighted by atomic mass is 16.6. The number of β-lactam (4-membered cyclic amide) rings is 1. The second-order valence-electron chi connectivity index (χ2n) is 8.42. The first-order valence-corrected chi connectivity index (χ1v) is 10.3. The Morgan fingerprint density at radius 3 is 2.25 bits per heavy atom. The van der Waals surface area contributed by atoms with Crippen LogP contribution in [0.2, 0.25) is 0 Å². The van der Waals surface area contributed by atoms with E-state index in [1.54, 1.807) is 0 Å². The highest BCUT2D eigenvalue weighted by molar-refractivity contribution is 6.10. The van der Waals surface area contributed by atoms with Crippen molar-refractivity contribution in [1.29, 1.82) is 0 Å². The molecule has 1 fully saturated rings. The van der Waals surface area contributed by atoms with Crippen LogP contribution in [-0.2, 0) is 14.3 Å². The number of amides is 1. The molecule has 0 saturated carbocycles. The Morgan fingerprint density at radius 1 is 1.06 bits per heavy atom. The Hall–Kier alpha value is -3.81. The number of carbonyl (C=O) groups excluding carboxylic acids is 3. The van der Waals surface area contributed by atoms with Crippen LogP contribution in [0.1, 0.15) is 41.8 Å². The van der Waals surface area contributed by atoms with Crippen LogP contribution in [0.15, 0.2) is 54.2 Å². The summed E-state index contributed by atoms with van der Waals surface area (Å²) in [6.45, 7) is 5.90. The minimum Gasteiger partial charge on any atom is -0.385 e. The van der Waals surface area contributed by atoms with Gasteiger partial charge in [-0.3, -0.25) is 14.9 Å². The topological polar surface area (TPSA) is 107 Å². The number of aryl methyl sites for hydroxylation is 1. The number of nitro groups is 1. The number of rotatable bonds is 5. The average molecular weight is 434 g/mol. The van der Waals surface area contributed by atoms with Gasteiger partial charge >= 0.3 is 11.9 Å². The van der Waals surface area contributed by atoms with Crippen molar-refractivity contribution in [2.75, 3.05) is 0 Å². The summed E-state index contributed by atoms with van der Waals surface area (Å²) < 4.78 is 5.09. The van der Waals surface area contributed by atoms with Crippen molar-refractivity contribution in [2.24, 2.45) is 11.8 Å². The molecule has 2 heterocycles. The Morgan fingerprint density at radius 2 is 1.69 bits per heavy atom. The molecular weight excluding hydrogens is 412 g/mol. The number of carbonyl (C=O) groups is 3. The summed E-state index contributed by atoms with van der Waals surface area (Å²) in [6, 6.07) is 12.2. The van der Waals surface area contributed by atoms with Crippen LogP contribution in [0.3, 0.4) is 0 Å². The molecule has 2 atom stereocenters. The zero-order valence-corrected chi connectivity index (χ0v) is 17.9. The number of nitro benzene ring substituents is 1. The fraction of sp³-hybridized carbons (Fsp3) is 0.292. The van der Waals surface area contributed by atoms with Crippen LogP contribution < -0.4 is 0 Å². The third-order valence-corrected chi connectivity index (χ3v) is 6.02. The number of hydrogen-bond donors (Lipinski definition) is 0. The molecule has 2 aliphatic heterocycles. The molecule has 1 amide bonds. The van der Waals surface area contributed by atoms with E-state index in [0.717, 1.165) is 23.3 Å². The van der Waals surface area contributed by atoms with Crippen LogP contribution in [0.5, 0.6) is 0 Å². The van der Waals surface area contributed by atoms with E-state index in [1.165, 1.54) is 17.0 Å². The zero-order valence-electron chi connectivity index (χ0n) is 17.9. The lowest BCUT2D eigenvalue weighted by atomic mass is 9.78. The zero-order chi connectivity index (χ0) is 23.2. The second-order valence-corrected chi connectivity index (χ2v) is 8.42. The normalized spacial score (nSPS) is 19.6. The van der Waals surface area contributed by atoms with Crippen molar-refractivity contribution >= 4 is 29.1 Å². The predicted octanol–water partition coefficient (Wildman–Crippen LogP) is 3.88. The van der Waals surface area contributed by atoms with Gasteiger partial charge in [-0.15, -0.1) is 0 Å². The van der Waals surface area contributed by atoms with Gasteiger partial charge in [0.1, 0.15) is 5.70 Å². The summed E-state index contributed by atoms with van der Waals surface area (Å²) in [5.74, 6) is -2.05. The van der Waals surface area contributed by atoms with Crippen LogP contribution >= 0.6 is 0 Å². The first-order valence-electron chi connectivity index (χ1n) is 10.3. The van der Waals surface area contributed by atoms with E-state index < -0.39 is 16.9 Å². The molecule has 8 heteroatoms. The van der Waals surface area contributed by atoms with Gasteiger partial charge < -0.3 is 9.64 Å².